The van der Waals surface area contributed by atoms with E-state index in [-0.39, 0.29) is 0 Å². The van der Waals surface area contributed by atoms with Gasteiger partial charge >= 0.3 is 6.09 Å². The van der Waals surface area contributed by atoms with Crippen molar-refractivity contribution in [1.29, 1.82) is 0 Å². The quantitative estimate of drug-likeness (QED) is 0.252. The van der Waals surface area contributed by atoms with E-state index < -0.39 is 17.2 Å². The first-order valence-corrected chi connectivity index (χ1v) is 13.8. The minimum atomic E-state index is -0.554. The second kappa shape index (κ2) is 9.78. The van der Waals surface area contributed by atoms with Gasteiger partial charge in [0, 0.05) is 29.9 Å². The summed E-state index contributed by atoms with van der Waals surface area (Å²) in [6, 6.07) is 22.1. The molecule has 0 bridgehead atoms. The van der Waals surface area contributed by atoms with Crippen molar-refractivity contribution in [3.05, 3.63) is 83.6 Å². The van der Waals surface area contributed by atoms with Crippen LogP contribution in [0.4, 0.5) is 4.79 Å². The van der Waals surface area contributed by atoms with Crippen molar-refractivity contribution in [1.82, 2.24) is 29.7 Å². The molecule has 0 spiro atoms. The number of alkyl carbamates (subject to hydrolysis) is 1. The van der Waals surface area contributed by atoms with Crippen molar-refractivity contribution in [2.24, 2.45) is 7.05 Å². The van der Waals surface area contributed by atoms with E-state index in [0.717, 1.165) is 58.6 Å². The van der Waals surface area contributed by atoms with Crippen LogP contribution in [0, 0.1) is 0 Å². The second-order valence-corrected chi connectivity index (χ2v) is 11.7. The van der Waals surface area contributed by atoms with Crippen LogP contribution in [0.5, 0.6) is 0 Å². The summed E-state index contributed by atoms with van der Waals surface area (Å²) >= 11 is 6.55. The molecule has 0 saturated heterocycles. The Bertz CT molecular complexity index is 1700. The first-order valence-electron chi connectivity index (χ1n) is 13.4. The molecule has 0 aliphatic heterocycles. The van der Waals surface area contributed by atoms with E-state index in [0.29, 0.717) is 10.8 Å². The van der Waals surface area contributed by atoms with Gasteiger partial charge in [-0.3, -0.25) is 4.68 Å². The molecule has 1 fully saturated rings. The number of hydrogen-bond donors (Lipinski definition) is 1. The van der Waals surface area contributed by atoms with Gasteiger partial charge in [0.25, 0.3) is 0 Å². The highest BCUT2D eigenvalue weighted by Crippen LogP contribution is 2.43. The molecule has 2 aromatic carbocycles. The monoisotopic (exact) mass is 554 g/mol. The van der Waals surface area contributed by atoms with Crippen LogP contribution in [0.25, 0.3) is 39.4 Å². The Balaban J connectivity index is 1.45. The maximum Gasteiger partial charge on any atom is 0.408 e. The maximum atomic E-state index is 12.6. The number of nitrogens with zero attached hydrogens (tertiary/aromatic N) is 5. The number of halogens is 1. The summed E-state index contributed by atoms with van der Waals surface area (Å²) in [4.78, 5) is 17.8. The summed E-state index contributed by atoms with van der Waals surface area (Å²) in [5.74, 6) is 0. The van der Waals surface area contributed by atoms with Gasteiger partial charge in [0.2, 0.25) is 0 Å². The summed E-state index contributed by atoms with van der Waals surface area (Å²) in [6.45, 7) is 5.61. The van der Waals surface area contributed by atoms with Gasteiger partial charge in [0.1, 0.15) is 11.3 Å². The molecular formula is C31H31ClN6O2. The molecule has 0 atom stereocenters. The number of aryl methyl sites for hydroxylation is 1. The summed E-state index contributed by atoms with van der Waals surface area (Å²) in [7, 11) is 1.89. The fraction of sp³-hybridized carbons (Fsp3) is 0.290. The minimum Gasteiger partial charge on any atom is -0.444 e. The number of benzene rings is 2. The average molecular weight is 555 g/mol. The van der Waals surface area contributed by atoms with Crippen molar-refractivity contribution < 1.29 is 9.53 Å². The van der Waals surface area contributed by atoms with Crippen LogP contribution >= 0.6 is 11.6 Å². The molecule has 8 nitrogen and oxygen atoms in total. The fourth-order valence-electron chi connectivity index (χ4n) is 5.34. The third-order valence-electron chi connectivity index (χ3n) is 7.36. The Labute approximate surface area is 238 Å². The first kappa shape index (κ1) is 26.1. The number of ether oxygens (including phenoxy) is 1. The normalized spacial score (nSPS) is 14.6. The lowest BCUT2D eigenvalue weighted by Gasteiger charge is -2.43. The summed E-state index contributed by atoms with van der Waals surface area (Å²) in [5, 5.41) is 12.5. The Morgan fingerprint density at radius 2 is 1.75 bits per heavy atom. The highest BCUT2D eigenvalue weighted by atomic mass is 35.5. The van der Waals surface area contributed by atoms with E-state index in [9.17, 15) is 4.79 Å². The van der Waals surface area contributed by atoms with Crippen molar-refractivity contribution in [2.45, 2.75) is 51.2 Å². The molecule has 1 amide bonds. The highest BCUT2D eigenvalue weighted by molar-refractivity contribution is 6.29. The topological polar surface area (TPSA) is 86.3 Å². The number of fused-ring (bicyclic) bond motifs is 1. The zero-order chi connectivity index (χ0) is 28.1. The molecule has 204 valence electrons. The molecule has 0 radical (unpaired) electrons. The molecule has 9 heteroatoms. The molecule has 3 heterocycles. The van der Waals surface area contributed by atoms with Crippen molar-refractivity contribution in [2.75, 3.05) is 0 Å². The Kier molecular flexibility index (Phi) is 6.38. The van der Waals surface area contributed by atoms with Crippen LogP contribution in [-0.2, 0) is 17.3 Å². The van der Waals surface area contributed by atoms with Gasteiger partial charge in [-0.2, -0.15) is 10.2 Å². The van der Waals surface area contributed by atoms with Crippen LogP contribution in [0.1, 0.15) is 45.6 Å². The molecule has 40 heavy (non-hydrogen) atoms. The maximum absolute atomic E-state index is 12.6. The average Bonchev–Trinajstić information content (AvgIpc) is 3.49. The van der Waals surface area contributed by atoms with Gasteiger partial charge < -0.3 is 10.1 Å². The molecular weight excluding hydrogens is 524 g/mol. The van der Waals surface area contributed by atoms with Gasteiger partial charge in [-0.25, -0.2) is 14.3 Å². The van der Waals surface area contributed by atoms with Gasteiger partial charge in [0.15, 0.2) is 10.8 Å². The highest BCUT2D eigenvalue weighted by Gasteiger charge is 2.41. The molecule has 1 saturated carbocycles. The molecule has 5 aromatic rings. The van der Waals surface area contributed by atoms with Gasteiger partial charge in [-0.1, -0.05) is 66.2 Å². The van der Waals surface area contributed by atoms with Crippen LogP contribution in [0.2, 0.25) is 5.15 Å². The fourth-order valence-corrected chi connectivity index (χ4v) is 5.52. The van der Waals surface area contributed by atoms with E-state index in [2.05, 4.69) is 39.8 Å². The lowest BCUT2D eigenvalue weighted by Crippen LogP contribution is -2.52. The number of nitrogens with one attached hydrogen (secondary N) is 1. The number of hydrogen-bond acceptors (Lipinski definition) is 5. The Morgan fingerprint density at radius 1 is 1.02 bits per heavy atom. The third-order valence-corrected chi connectivity index (χ3v) is 7.54. The third kappa shape index (κ3) is 4.73. The predicted octanol–water partition coefficient (Wildman–Crippen LogP) is 7.02. The van der Waals surface area contributed by atoms with Crippen molar-refractivity contribution in [3.63, 3.8) is 0 Å². The van der Waals surface area contributed by atoms with Crippen LogP contribution in [-0.4, -0.2) is 36.1 Å². The number of imidazole rings is 1. The Morgan fingerprint density at radius 3 is 2.35 bits per heavy atom. The molecule has 6 rings (SSSR count). The van der Waals surface area contributed by atoms with Gasteiger partial charge in [-0.15, -0.1) is 0 Å². The van der Waals surface area contributed by atoms with Crippen LogP contribution in [0.3, 0.4) is 0 Å². The minimum absolute atomic E-state index is 0.361. The standard InChI is InChI=1S/C31H31ClN6O2/c1-30(2,3)40-29(39)35-31(16-8-17-31)22-13-11-20(12-14-22)26-27(21-9-6-5-7-10-21)38-28(34-26)23(19-25(32)36-38)24-15-18-33-37(24)4/h5-7,9-15,18-19H,8,16-17H2,1-4H3,(H,35,39). The van der Waals surface area contributed by atoms with Crippen molar-refractivity contribution in [3.8, 4) is 33.8 Å². The Hall–Kier alpha value is -4.17. The number of amides is 1. The smallest absolute Gasteiger partial charge is 0.408 e. The van der Waals surface area contributed by atoms with E-state index in [1.807, 2.05) is 74.8 Å². The number of rotatable bonds is 5. The van der Waals surface area contributed by atoms with Gasteiger partial charge in [0.05, 0.1) is 16.9 Å². The summed E-state index contributed by atoms with van der Waals surface area (Å²) < 4.78 is 9.17. The molecule has 1 N–H and O–H groups in total. The largest absolute Gasteiger partial charge is 0.444 e. The first-order chi connectivity index (χ1) is 19.1. The zero-order valence-electron chi connectivity index (χ0n) is 23.0. The summed E-state index contributed by atoms with van der Waals surface area (Å²) in [5.41, 5.74) is 6.04. The lowest BCUT2D eigenvalue weighted by atomic mass is 9.71. The second-order valence-electron chi connectivity index (χ2n) is 11.3. The number of carbonyl (C=O) groups excluding carboxylic acids is 1. The van der Waals surface area contributed by atoms with E-state index in [1.165, 1.54) is 0 Å². The molecule has 3 aromatic heterocycles. The van der Waals surface area contributed by atoms with Crippen LogP contribution in [0.15, 0.2) is 72.9 Å². The number of carbonyl (C=O) groups is 1. The van der Waals surface area contributed by atoms with Gasteiger partial charge in [-0.05, 0) is 57.7 Å². The zero-order valence-corrected chi connectivity index (χ0v) is 23.7. The summed E-state index contributed by atoms with van der Waals surface area (Å²) in [6.07, 6.45) is 4.14. The molecule has 1 aliphatic rings. The molecule has 0 unspecified atom stereocenters. The van der Waals surface area contributed by atoms with Crippen molar-refractivity contribution >= 4 is 23.3 Å². The SMILES string of the molecule is Cn1nccc1-c1cc(Cl)nn2c(-c3ccccc3)c(-c3ccc(C4(NC(=O)OC(C)(C)C)CCC4)cc3)nc12. The number of aromatic nitrogens is 5. The van der Waals surface area contributed by atoms with E-state index in [4.69, 9.17) is 21.3 Å². The van der Waals surface area contributed by atoms with Crippen LogP contribution < -0.4 is 5.32 Å². The lowest BCUT2D eigenvalue weighted by molar-refractivity contribution is 0.0377. The van der Waals surface area contributed by atoms with E-state index >= 15 is 0 Å². The van der Waals surface area contributed by atoms with E-state index in [1.54, 1.807) is 10.9 Å². The molecule has 1 aliphatic carbocycles. The predicted molar refractivity (Wildman–Crippen MR) is 156 cm³/mol.